The average molecular weight is 327 g/mol. The SMILES string of the molecule is CC(=NNC(=O)c1ccc(Br)o1)c1ccc(C)s1. The normalized spacial score (nSPS) is 11.6. The Balaban J connectivity index is 2.04. The number of thiophene rings is 1. The number of hydrogen-bond acceptors (Lipinski definition) is 4. The van der Waals surface area contributed by atoms with Gasteiger partial charge in [0.2, 0.25) is 0 Å². The Morgan fingerprint density at radius 1 is 1.39 bits per heavy atom. The van der Waals surface area contributed by atoms with Crippen molar-refractivity contribution >= 4 is 38.9 Å². The fourth-order valence-electron chi connectivity index (χ4n) is 1.31. The number of furan rings is 1. The van der Waals surface area contributed by atoms with Gasteiger partial charge in [-0.05, 0) is 54.0 Å². The van der Waals surface area contributed by atoms with Gasteiger partial charge in [0.25, 0.3) is 0 Å². The van der Waals surface area contributed by atoms with E-state index >= 15 is 0 Å². The molecule has 1 N–H and O–H groups in total. The van der Waals surface area contributed by atoms with E-state index in [0.717, 1.165) is 10.6 Å². The van der Waals surface area contributed by atoms with E-state index < -0.39 is 0 Å². The zero-order valence-corrected chi connectivity index (χ0v) is 12.3. The van der Waals surface area contributed by atoms with Crippen LogP contribution in [0.2, 0.25) is 0 Å². The third-order valence-corrected chi connectivity index (χ3v) is 3.75. The van der Waals surface area contributed by atoms with Gasteiger partial charge in [0.05, 0.1) is 10.6 Å². The first-order valence-electron chi connectivity index (χ1n) is 5.23. The van der Waals surface area contributed by atoms with Crippen molar-refractivity contribution in [2.45, 2.75) is 13.8 Å². The zero-order chi connectivity index (χ0) is 13.1. The van der Waals surface area contributed by atoms with Crippen LogP contribution in [0.1, 0.15) is 27.2 Å². The number of nitrogens with zero attached hydrogens (tertiary/aromatic N) is 1. The maximum absolute atomic E-state index is 11.7. The number of rotatable bonds is 3. The summed E-state index contributed by atoms with van der Waals surface area (Å²) in [6.07, 6.45) is 0. The van der Waals surface area contributed by atoms with Crippen molar-refractivity contribution in [3.63, 3.8) is 0 Å². The second-order valence-corrected chi connectivity index (χ2v) is 5.72. The van der Waals surface area contributed by atoms with Gasteiger partial charge in [-0.2, -0.15) is 5.10 Å². The summed E-state index contributed by atoms with van der Waals surface area (Å²) < 4.78 is 5.64. The van der Waals surface area contributed by atoms with Gasteiger partial charge in [0.15, 0.2) is 10.4 Å². The van der Waals surface area contributed by atoms with Gasteiger partial charge in [0, 0.05) is 4.88 Å². The Bertz CT molecular complexity index is 601. The van der Waals surface area contributed by atoms with Gasteiger partial charge in [-0.15, -0.1) is 11.3 Å². The van der Waals surface area contributed by atoms with E-state index in [1.807, 2.05) is 26.0 Å². The van der Waals surface area contributed by atoms with Crippen molar-refractivity contribution in [2.24, 2.45) is 5.10 Å². The van der Waals surface area contributed by atoms with Crippen LogP contribution in [0, 0.1) is 6.92 Å². The third-order valence-electron chi connectivity index (χ3n) is 2.22. The predicted octanol–water partition coefficient (Wildman–Crippen LogP) is 3.57. The lowest BCUT2D eigenvalue weighted by Gasteiger charge is -1.98. The van der Waals surface area contributed by atoms with Crippen LogP contribution in [0.5, 0.6) is 0 Å². The van der Waals surface area contributed by atoms with Crippen molar-refractivity contribution < 1.29 is 9.21 Å². The summed E-state index contributed by atoms with van der Waals surface area (Å²) in [5.41, 5.74) is 3.23. The van der Waals surface area contributed by atoms with Gasteiger partial charge < -0.3 is 4.42 Å². The molecule has 0 atom stereocenters. The van der Waals surface area contributed by atoms with Crippen molar-refractivity contribution in [3.8, 4) is 0 Å². The number of carbonyl (C=O) groups is 1. The van der Waals surface area contributed by atoms with Crippen LogP contribution in [0.25, 0.3) is 0 Å². The maximum atomic E-state index is 11.7. The summed E-state index contributed by atoms with van der Waals surface area (Å²) in [4.78, 5) is 13.9. The number of aryl methyl sites for hydroxylation is 1. The minimum absolute atomic E-state index is 0.223. The Labute approximate surface area is 117 Å². The molecule has 2 heterocycles. The molecule has 1 amide bonds. The van der Waals surface area contributed by atoms with Gasteiger partial charge in [-0.3, -0.25) is 4.79 Å². The molecule has 94 valence electrons. The average Bonchev–Trinajstić information content (AvgIpc) is 2.94. The second-order valence-electron chi connectivity index (χ2n) is 3.65. The molecule has 6 heteroatoms. The standard InChI is InChI=1S/C12H11BrN2O2S/c1-7-3-5-10(18-7)8(2)14-15-12(16)9-4-6-11(13)17-9/h3-6H,1-2H3,(H,15,16). The lowest BCUT2D eigenvalue weighted by atomic mass is 10.3. The van der Waals surface area contributed by atoms with Crippen LogP contribution in [0.4, 0.5) is 0 Å². The summed E-state index contributed by atoms with van der Waals surface area (Å²) in [6, 6.07) is 7.24. The number of amides is 1. The summed E-state index contributed by atoms with van der Waals surface area (Å²) in [5.74, 6) is -0.144. The zero-order valence-electron chi connectivity index (χ0n) is 9.86. The monoisotopic (exact) mass is 326 g/mol. The topological polar surface area (TPSA) is 54.6 Å². The molecule has 0 aromatic carbocycles. The van der Waals surface area contributed by atoms with Crippen LogP contribution >= 0.6 is 27.3 Å². The Kier molecular flexibility index (Phi) is 3.98. The molecule has 2 aromatic heterocycles. The molecule has 18 heavy (non-hydrogen) atoms. The Morgan fingerprint density at radius 3 is 2.72 bits per heavy atom. The lowest BCUT2D eigenvalue weighted by Crippen LogP contribution is -2.18. The molecule has 0 fully saturated rings. The second kappa shape index (κ2) is 5.49. The fraction of sp³-hybridized carbons (Fsp3) is 0.167. The molecule has 4 nitrogen and oxygen atoms in total. The molecule has 0 saturated heterocycles. The fourth-order valence-corrected chi connectivity index (χ4v) is 2.43. The first-order chi connectivity index (χ1) is 8.56. The van der Waals surface area contributed by atoms with Crippen molar-refractivity contribution in [1.82, 2.24) is 5.43 Å². The molecule has 0 aliphatic heterocycles. The quantitative estimate of drug-likeness (QED) is 0.692. The summed E-state index contributed by atoms with van der Waals surface area (Å²) in [6.45, 7) is 3.88. The largest absolute Gasteiger partial charge is 0.444 e. The molecule has 2 aromatic rings. The van der Waals surface area contributed by atoms with E-state index in [2.05, 4.69) is 26.5 Å². The Morgan fingerprint density at radius 2 is 2.17 bits per heavy atom. The minimum Gasteiger partial charge on any atom is -0.444 e. The molecule has 0 bridgehead atoms. The molecule has 0 unspecified atom stereocenters. The highest BCUT2D eigenvalue weighted by Crippen LogP contribution is 2.16. The van der Waals surface area contributed by atoms with Gasteiger partial charge in [0.1, 0.15) is 0 Å². The van der Waals surface area contributed by atoms with Crippen LogP contribution < -0.4 is 5.43 Å². The smallest absolute Gasteiger partial charge is 0.307 e. The van der Waals surface area contributed by atoms with E-state index in [0.29, 0.717) is 4.67 Å². The molecular formula is C12H11BrN2O2S. The number of hydrazone groups is 1. The van der Waals surface area contributed by atoms with Crippen molar-refractivity contribution in [3.05, 3.63) is 44.4 Å². The molecular weight excluding hydrogens is 316 g/mol. The van der Waals surface area contributed by atoms with Crippen molar-refractivity contribution in [2.75, 3.05) is 0 Å². The van der Waals surface area contributed by atoms with Crippen LogP contribution in [-0.2, 0) is 0 Å². The highest BCUT2D eigenvalue weighted by molar-refractivity contribution is 9.10. The highest BCUT2D eigenvalue weighted by Gasteiger charge is 2.09. The van der Waals surface area contributed by atoms with E-state index in [1.54, 1.807) is 23.5 Å². The predicted molar refractivity (Wildman–Crippen MR) is 75.1 cm³/mol. The van der Waals surface area contributed by atoms with E-state index in [1.165, 1.54) is 4.88 Å². The summed E-state index contributed by atoms with van der Waals surface area (Å²) in [7, 11) is 0. The third kappa shape index (κ3) is 3.08. The van der Waals surface area contributed by atoms with Crippen molar-refractivity contribution in [1.29, 1.82) is 0 Å². The van der Waals surface area contributed by atoms with E-state index in [-0.39, 0.29) is 11.7 Å². The molecule has 0 aliphatic carbocycles. The summed E-state index contributed by atoms with van der Waals surface area (Å²) >= 11 is 4.77. The van der Waals surface area contributed by atoms with Crippen LogP contribution in [0.15, 0.2) is 38.5 Å². The first-order valence-corrected chi connectivity index (χ1v) is 6.84. The van der Waals surface area contributed by atoms with Crippen LogP contribution in [0.3, 0.4) is 0 Å². The highest BCUT2D eigenvalue weighted by atomic mass is 79.9. The maximum Gasteiger partial charge on any atom is 0.307 e. The molecule has 0 spiro atoms. The number of halogens is 1. The van der Waals surface area contributed by atoms with E-state index in [4.69, 9.17) is 4.42 Å². The molecule has 0 aliphatic rings. The number of hydrogen-bond donors (Lipinski definition) is 1. The lowest BCUT2D eigenvalue weighted by molar-refractivity contribution is 0.0926. The molecule has 0 saturated carbocycles. The summed E-state index contributed by atoms with van der Waals surface area (Å²) in [5, 5.41) is 4.05. The van der Waals surface area contributed by atoms with Gasteiger partial charge >= 0.3 is 5.91 Å². The Hall–Kier alpha value is -1.40. The molecule has 2 rings (SSSR count). The van der Waals surface area contributed by atoms with Gasteiger partial charge in [-0.1, -0.05) is 0 Å². The van der Waals surface area contributed by atoms with Crippen LogP contribution in [-0.4, -0.2) is 11.6 Å². The molecule has 0 radical (unpaired) electrons. The van der Waals surface area contributed by atoms with Gasteiger partial charge in [-0.25, -0.2) is 5.43 Å². The number of nitrogens with one attached hydrogen (secondary N) is 1. The van der Waals surface area contributed by atoms with E-state index in [9.17, 15) is 4.79 Å². The number of carbonyl (C=O) groups excluding carboxylic acids is 1. The minimum atomic E-state index is -0.367. The first kappa shape index (κ1) is 13.0.